The summed E-state index contributed by atoms with van der Waals surface area (Å²) >= 11 is 1.30. The number of nitrogens with one attached hydrogen (secondary N) is 1. The van der Waals surface area contributed by atoms with E-state index in [9.17, 15) is 4.79 Å². The third-order valence-corrected chi connectivity index (χ3v) is 3.45. The molecule has 1 N–H and O–H groups in total. The molecule has 0 atom stereocenters. The number of amidine groups is 1. The lowest BCUT2D eigenvalue weighted by atomic mass is 9.98. The van der Waals surface area contributed by atoms with E-state index in [-0.39, 0.29) is 11.9 Å². The standard InChI is InChI=1S/C18H27N3O2S/c1-13(2)11-19-21-17(20-15-9-7-8-14(3)10-15)24-12-23-16(22)18(4,5)6/h7-11,13H,12H2,1-6H3,(H,20,21)/b19-11+. The molecule has 24 heavy (non-hydrogen) atoms. The molecule has 1 aromatic carbocycles. The maximum Gasteiger partial charge on any atom is 0.312 e. The van der Waals surface area contributed by atoms with Crippen molar-refractivity contribution in [1.82, 2.24) is 5.43 Å². The van der Waals surface area contributed by atoms with Gasteiger partial charge in [-0.3, -0.25) is 10.2 Å². The number of benzene rings is 1. The number of hydrazone groups is 1. The second-order valence-electron chi connectivity index (χ2n) is 6.83. The zero-order valence-electron chi connectivity index (χ0n) is 15.3. The summed E-state index contributed by atoms with van der Waals surface area (Å²) in [6.45, 7) is 11.6. The molecule has 0 unspecified atom stereocenters. The molecule has 0 aliphatic heterocycles. The van der Waals surface area contributed by atoms with E-state index in [0.717, 1.165) is 11.3 Å². The van der Waals surface area contributed by atoms with Gasteiger partial charge in [-0.25, -0.2) is 4.99 Å². The average Bonchev–Trinajstić information content (AvgIpc) is 2.45. The largest absolute Gasteiger partial charge is 0.454 e. The predicted octanol–water partition coefficient (Wildman–Crippen LogP) is 4.49. The lowest BCUT2D eigenvalue weighted by Crippen LogP contribution is -2.24. The number of hydrogen-bond acceptors (Lipinski definition) is 5. The molecule has 0 radical (unpaired) electrons. The highest BCUT2D eigenvalue weighted by Crippen LogP contribution is 2.19. The van der Waals surface area contributed by atoms with Crippen molar-refractivity contribution < 1.29 is 9.53 Å². The highest BCUT2D eigenvalue weighted by molar-refractivity contribution is 8.13. The van der Waals surface area contributed by atoms with Crippen LogP contribution in [-0.2, 0) is 9.53 Å². The van der Waals surface area contributed by atoms with Crippen molar-refractivity contribution in [2.75, 3.05) is 5.94 Å². The Balaban J connectivity index is 2.76. The van der Waals surface area contributed by atoms with Crippen molar-refractivity contribution in [1.29, 1.82) is 0 Å². The van der Waals surface area contributed by atoms with Crippen molar-refractivity contribution in [3.8, 4) is 0 Å². The van der Waals surface area contributed by atoms with Crippen LogP contribution in [0.25, 0.3) is 0 Å². The molecular weight excluding hydrogens is 322 g/mol. The van der Waals surface area contributed by atoms with E-state index in [1.165, 1.54) is 11.8 Å². The summed E-state index contributed by atoms with van der Waals surface area (Å²) in [6.07, 6.45) is 1.80. The summed E-state index contributed by atoms with van der Waals surface area (Å²) in [6, 6.07) is 7.87. The summed E-state index contributed by atoms with van der Waals surface area (Å²) in [5.41, 5.74) is 4.36. The molecule has 0 saturated carbocycles. The van der Waals surface area contributed by atoms with Gasteiger partial charge in [0.1, 0.15) is 5.94 Å². The first-order valence-electron chi connectivity index (χ1n) is 7.93. The summed E-state index contributed by atoms with van der Waals surface area (Å²) in [4.78, 5) is 16.4. The van der Waals surface area contributed by atoms with E-state index in [0.29, 0.717) is 11.1 Å². The van der Waals surface area contributed by atoms with Crippen LogP contribution in [0.5, 0.6) is 0 Å². The lowest BCUT2D eigenvalue weighted by Gasteiger charge is -2.16. The Morgan fingerprint density at radius 2 is 2.08 bits per heavy atom. The number of thioether (sulfide) groups is 1. The van der Waals surface area contributed by atoms with Gasteiger partial charge < -0.3 is 4.74 Å². The maximum absolute atomic E-state index is 11.8. The normalized spacial score (nSPS) is 12.7. The van der Waals surface area contributed by atoms with Crippen LogP contribution >= 0.6 is 11.8 Å². The number of ether oxygens (including phenoxy) is 1. The highest BCUT2D eigenvalue weighted by atomic mass is 32.2. The molecule has 0 heterocycles. The maximum atomic E-state index is 11.8. The van der Waals surface area contributed by atoms with Gasteiger partial charge in [-0.05, 0) is 63.1 Å². The van der Waals surface area contributed by atoms with Crippen LogP contribution in [-0.4, -0.2) is 23.3 Å². The van der Waals surface area contributed by atoms with E-state index >= 15 is 0 Å². The van der Waals surface area contributed by atoms with E-state index in [1.807, 2.05) is 65.8 Å². The van der Waals surface area contributed by atoms with Crippen LogP contribution in [0.3, 0.4) is 0 Å². The summed E-state index contributed by atoms with van der Waals surface area (Å²) in [5.74, 6) is 0.280. The summed E-state index contributed by atoms with van der Waals surface area (Å²) in [5, 5.41) is 4.75. The molecule has 0 aromatic heterocycles. The Morgan fingerprint density at radius 1 is 1.38 bits per heavy atom. The third-order valence-electron chi connectivity index (χ3n) is 2.76. The fraction of sp³-hybridized carbons (Fsp3) is 0.500. The van der Waals surface area contributed by atoms with Crippen molar-refractivity contribution in [3.05, 3.63) is 29.8 Å². The van der Waals surface area contributed by atoms with Gasteiger partial charge in [0, 0.05) is 6.21 Å². The van der Waals surface area contributed by atoms with Crippen LogP contribution in [0.4, 0.5) is 5.69 Å². The molecule has 0 aliphatic carbocycles. The van der Waals surface area contributed by atoms with E-state index in [4.69, 9.17) is 4.74 Å². The minimum atomic E-state index is -0.516. The quantitative estimate of drug-likeness (QED) is 0.280. The molecule has 0 bridgehead atoms. The molecule has 0 saturated heterocycles. The zero-order valence-corrected chi connectivity index (χ0v) is 16.1. The van der Waals surface area contributed by atoms with Crippen molar-refractivity contribution in [2.24, 2.45) is 21.4 Å². The molecule has 0 spiro atoms. The number of aliphatic imine (C=N–C) groups is 1. The molecule has 6 heteroatoms. The van der Waals surface area contributed by atoms with Crippen LogP contribution in [0, 0.1) is 18.3 Å². The second-order valence-corrected chi connectivity index (χ2v) is 7.75. The van der Waals surface area contributed by atoms with Gasteiger partial charge >= 0.3 is 5.97 Å². The van der Waals surface area contributed by atoms with Gasteiger partial charge in [-0.1, -0.05) is 26.0 Å². The zero-order chi connectivity index (χ0) is 18.2. The molecule has 0 amide bonds. The molecular formula is C18H27N3O2S. The number of esters is 1. The first kappa shape index (κ1) is 20.2. The van der Waals surface area contributed by atoms with Crippen LogP contribution < -0.4 is 5.43 Å². The monoisotopic (exact) mass is 349 g/mol. The molecule has 0 aliphatic rings. The first-order chi connectivity index (χ1) is 11.2. The number of hydrogen-bond donors (Lipinski definition) is 1. The fourth-order valence-corrected chi connectivity index (χ4v) is 2.07. The average molecular weight is 350 g/mol. The summed E-state index contributed by atoms with van der Waals surface area (Å²) < 4.78 is 5.28. The molecule has 0 fully saturated rings. The minimum absolute atomic E-state index is 0.185. The van der Waals surface area contributed by atoms with Gasteiger partial charge in [-0.2, -0.15) is 5.10 Å². The van der Waals surface area contributed by atoms with Crippen molar-refractivity contribution in [3.63, 3.8) is 0 Å². The van der Waals surface area contributed by atoms with E-state index in [1.54, 1.807) is 6.21 Å². The van der Waals surface area contributed by atoms with Crippen LogP contribution in [0.15, 0.2) is 34.4 Å². The van der Waals surface area contributed by atoms with Gasteiger partial charge in [0.25, 0.3) is 0 Å². The predicted molar refractivity (Wildman–Crippen MR) is 103 cm³/mol. The second kappa shape index (κ2) is 9.47. The van der Waals surface area contributed by atoms with Crippen molar-refractivity contribution >= 4 is 34.8 Å². The number of nitrogens with zero attached hydrogens (tertiary/aromatic N) is 2. The summed E-state index contributed by atoms with van der Waals surface area (Å²) in [7, 11) is 0. The topological polar surface area (TPSA) is 63.1 Å². The minimum Gasteiger partial charge on any atom is -0.454 e. The number of rotatable bonds is 5. The van der Waals surface area contributed by atoms with Crippen LogP contribution in [0.1, 0.15) is 40.2 Å². The molecule has 1 aromatic rings. The van der Waals surface area contributed by atoms with Crippen LogP contribution in [0.2, 0.25) is 0 Å². The fourth-order valence-electron chi connectivity index (χ4n) is 1.50. The SMILES string of the molecule is Cc1cccc(N=C(N/N=C/C(C)C)SCOC(=O)C(C)(C)C)c1. The Bertz CT molecular complexity index is 605. The van der Waals surface area contributed by atoms with Gasteiger partial charge in [0.2, 0.25) is 0 Å². The Kier molecular flexibility index (Phi) is 7.98. The smallest absolute Gasteiger partial charge is 0.312 e. The lowest BCUT2D eigenvalue weighted by molar-refractivity contribution is -0.150. The van der Waals surface area contributed by atoms with Gasteiger partial charge in [0.15, 0.2) is 5.17 Å². The van der Waals surface area contributed by atoms with E-state index < -0.39 is 5.41 Å². The highest BCUT2D eigenvalue weighted by Gasteiger charge is 2.23. The van der Waals surface area contributed by atoms with Gasteiger partial charge in [0.05, 0.1) is 11.1 Å². The Labute approximate surface area is 149 Å². The number of aryl methyl sites for hydroxylation is 1. The number of carbonyl (C=O) groups excluding carboxylic acids is 1. The molecule has 1 rings (SSSR count). The number of carbonyl (C=O) groups is 1. The Hall–Kier alpha value is -1.82. The first-order valence-corrected chi connectivity index (χ1v) is 8.91. The third kappa shape index (κ3) is 8.15. The van der Waals surface area contributed by atoms with E-state index in [2.05, 4.69) is 15.5 Å². The van der Waals surface area contributed by atoms with Crippen molar-refractivity contribution in [2.45, 2.75) is 41.5 Å². The van der Waals surface area contributed by atoms with Gasteiger partial charge in [-0.15, -0.1) is 0 Å². The molecule has 5 nitrogen and oxygen atoms in total. The molecule has 132 valence electrons. The Morgan fingerprint density at radius 3 is 2.67 bits per heavy atom.